The first-order valence-corrected chi connectivity index (χ1v) is 25.8. The van der Waals surface area contributed by atoms with Crippen molar-refractivity contribution in [1.82, 2.24) is 5.32 Å². The number of hydrogen-bond acceptors (Lipinski definition) is 9. The average molecular weight is 858 g/mol. The summed E-state index contributed by atoms with van der Waals surface area (Å²) in [6.07, 6.45) is 34.9. The van der Waals surface area contributed by atoms with Gasteiger partial charge in [-0.15, -0.1) is 0 Å². The summed E-state index contributed by atoms with van der Waals surface area (Å²) in [7, 11) is 0. The number of unbranched alkanes of at least 4 members (excludes halogenated alkanes) is 29. The molecule has 0 spiro atoms. The fraction of sp³-hybridized carbons (Fsp3) is 1.00. The molecule has 1 saturated heterocycles. The van der Waals surface area contributed by atoms with E-state index in [-0.39, 0.29) is 6.61 Å². The van der Waals surface area contributed by atoms with E-state index in [9.17, 15) is 35.0 Å². The number of aliphatic hydroxyl groups excluding tert-OH is 6. The van der Waals surface area contributed by atoms with Crippen molar-refractivity contribution >= 4 is 0 Å². The third kappa shape index (κ3) is 21.5. The zero-order valence-electron chi connectivity index (χ0n) is 38.6. The molecule has 60 heavy (non-hydrogen) atoms. The molecule has 356 valence electrons. The maximum atomic E-state index is 13.6. The van der Waals surface area contributed by atoms with E-state index < -0.39 is 61.2 Å². The Bertz CT molecular complexity index is 1000. The number of nitrogens with one attached hydrogen (secondary N) is 1. The van der Waals surface area contributed by atoms with Crippen LogP contribution in [0.5, 0.6) is 0 Å². The molecule has 1 aliphatic heterocycles. The molecule has 7 N–H and O–H groups in total. The van der Waals surface area contributed by atoms with Crippen molar-refractivity contribution in [3.63, 3.8) is 0 Å². The maximum absolute atomic E-state index is 13.6. The summed E-state index contributed by atoms with van der Waals surface area (Å²) < 4.78 is 25.0. The third-order valence-corrected chi connectivity index (χ3v) is 14.3. The Morgan fingerprint density at radius 1 is 0.583 bits per heavy atom. The molecule has 9 nitrogen and oxygen atoms in total. The maximum Gasteiger partial charge on any atom is 0.186 e. The Kier molecular flexibility index (Phi) is 29.0. The highest BCUT2D eigenvalue weighted by atomic mass is 19.1. The Morgan fingerprint density at radius 2 is 1.00 bits per heavy atom. The summed E-state index contributed by atoms with van der Waals surface area (Å²) in [5, 5.41) is 65.9. The van der Waals surface area contributed by atoms with Gasteiger partial charge in [0.25, 0.3) is 0 Å². The van der Waals surface area contributed by atoms with Gasteiger partial charge in [0, 0.05) is 0 Å². The van der Waals surface area contributed by atoms with E-state index in [1.807, 2.05) is 0 Å². The highest BCUT2D eigenvalue weighted by molar-refractivity contribution is 5.18. The van der Waals surface area contributed by atoms with Gasteiger partial charge in [-0.1, -0.05) is 200 Å². The third-order valence-electron chi connectivity index (χ3n) is 14.3. The SMILES string of the molecule is CCCCCCCCCCCCCC[C@@H](O)[C@@H](O)[C@H](CO[C@H]1O[C@H](CO)[C@H](O)[C@H](O)[C@H]1O)NCCCCCCCCCCCCCCCCCCCCCC12CC(F)(C1)C2. The van der Waals surface area contributed by atoms with Crippen molar-refractivity contribution < 1.29 is 44.5 Å². The van der Waals surface area contributed by atoms with Crippen molar-refractivity contribution in [1.29, 1.82) is 0 Å². The molecule has 1 heterocycles. The Balaban J connectivity index is 1.17. The molecule has 0 aromatic carbocycles. The second-order valence-corrected chi connectivity index (χ2v) is 20.0. The van der Waals surface area contributed by atoms with Crippen LogP contribution in [0, 0.1) is 5.41 Å². The first kappa shape index (κ1) is 53.9. The first-order chi connectivity index (χ1) is 29.1. The van der Waals surface area contributed by atoms with Crippen LogP contribution in [-0.4, -0.2) is 105 Å². The molecule has 0 amide bonds. The summed E-state index contributed by atoms with van der Waals surface area (Å²) in [6.45, 7) is 2.28. The van der Waals surface area contributed by atoms with Gasteiger partial charge in [-0.25, -0.2) is 4.39 Å². The van der Waals surface area contributed by atoms with Gasteiger partial charge in [0.05, 0.1) is 31.5 Å². The predicted molar refractivity (Wildman–Crippen MR) is 242 cm³/mol. The Hall–Kier alpha value is -0.430. The lowest BCUT2D eigenvalue weighted by Gasteiger charge is -2.66. The highest BCUT2D eigenvalue weighted by Crippen LogP contribution is 2.71. The molecule has 0 aromatic rings. The van der Waals surface area contributed by atoms with Crippen molar-refractivity contribution in [2.45, 2.75) is 293 Å². The van der Waals surface area contributed by atoms with E-state index >= 15 is 0 Å². The van der Waals surface area contributed by atoms with Crippen LogP contribution in [0.25, 0.3) is 0 Å². The molecule has 3 saturated carbocycles. The van der Waals surface area contributed by atoms with E-state index in [2.05, 4.69) is 12.2 Å². The molecule has 0 radical (unpaired) electrons. The van der Waals surface area contributed by atoms with Crippen LogP contribution in [0.3, 0.4) is 0 Å². The highest BCUT2D eigenvalue weighted by Gasteiger charge is 2.68. The van der Waals surface area contributed by atoms with Crippen LogP contribution in [0.1, 0.15) is 238 Å². The van der Waals surface area contributed by atoms with Crippen molar-refractivity contribution in [3.8, 4) is 0 Å². The lowest BCUT2D eigenvalue weighted by molar-refractivity contribution is -0.303. The first-order valence-electron chi connectivity index (χ1n) is 25.8. The normalized spacial score (nSPS) is 27.7. The van der Waals surface area contributed by atoms with Crippen LogP contribution in [-0.2, 0) is 9.47 Å². The van der Waals surface area contributed by atoms with Gasteiger partial charge in [-0.3, -0.25) is 0 Å². The summed E-state index contributed by atoms with van der Waals surface area (Å²) >= 11 is 0. The van der Waals surface area contributed by atoms with E-state index in [4.69, 9.17) is 9.47 Å². The minimum Gasteiger partial charge on any atom is -0.394 e. The summed E-state index contributed by atoms with van der Waals surface area (Å²) in [5.41, 5.74) is -0.285. The summed E-state index contributed by atoms with van der Waals surface area (Å²) in [6, 6.07) is -0.620. The molecule has 4 rings (SSSR count). The molecule has 4 aliphatic rings. The molecule has 8 atom stereocenters. The van der Waals surface area contributed by atoms with Gasteiger partial charge in [0.2, 0.25) is 0 Å². The van der Waals surface area contributed by atoms with E-state index in [0.29, 0.717) is 18.4 Å². The van der Waals surface area contributed by atoms with Crippen molar-refractivity contribution in [2.24, 2.45) is 5.41 Å². The fourth-order valence-corrected chi connectivity index (χ4v) is 10.4. The predicted octanol–water partition coefficient (Wildman–Crippen LogP) is 10.3. The van der Waals surface area contributed by atoms with E-state index in [1.54, 1.807) is 0 Å². The molecule has 10 heteroatoms. The number of rotatable bonds is 42. The van der Waals surface area contributed by atoms with E-state index in [0.717, 1.165) is 51.4 Å². The van der Waals surface area contributed by atoms with E-state index in [1.165, 1.54) is 173 Å². The zero-order chi connectivity index (χ0) is 43.3. The van der Waals surface area contributed by atoms with Crippen LogP contribution in [0.15, 0.2) is 0 Å². The van der Waals surface area contributed by atoms with Gasteiger partial charge in [-0.05, 0) is 50.5 Å². The molecule has 4 fully saturated rings. The molecule has 0 unspecified atom stereocenters. The van der Waals surface area contributed by atoms with Crippen molar-refractivity contribution in [2.75, 3.05) is 19.8 Å². The largest absolute Gasteiger partial charge is 0.394 e. The number of halogens is 1. The minimum absolute atomic E-state index is 0.0776. The molecular formula is C50H96FNO8. The van der Waals surface area contributed by atoms with Gasteiger partial charge < -0.3 is 45.4 Å². The zero-order valence-corrected chi connectivity index (χ0v) is 38.6. The minimum atomic E-state index is -1.54. The fourth-order valence-electron chi connectivity index (χ4n) is 10.4. The lowest BCUT2D eigenvalue weighted by Crippen LogP contribution is -2.64. The van der Waals surface area contributed by atoms with Crippen LogP contribution in [0.4, 0.5) is 4.39 Å². The topological polar surface area (TPSA) is 152 Å². The Morgan fingerprint density at radius 3 is 1.43 bits per heavy atom. The quantitative estimate of drug-likeness (QED) is 0.0298. The molecular weight excluding hydrogens is 762 g/mol. The smallest absolute Gasteiger partial charge is 0.186 e. The number of hydrogen-bond donors (Lipinski definition) is 7. The van der Waals surface area contributed by atoms with Gasteiger partial charge in [0.1, 0.15) is 30.1 Å². The standard InChI is InChI=1S/C50H96FNO8/c1-2-3-4-5-6-7-8-18-21-24-27-30-33-42(54)44(55)41(37-59-48-47(58)46(57)45(56)43(36-53)60-48)52-35-32-29-26-23-20-17-15-13-11-9-10-12-14-16-19-22-25-28-31-34-49-38-50(51,39-49)40-49/h41-48,52-58H,2-40H2,1H3/t41-,42+,43+,44-,45-,46-,47+,48-,49?,50?/m0/s1. The second kappa shape index (κ2) is 32.3. The van der Waals surface area contributed by atoms with Crippen molar-refractivity contribution in [3.05, 3.63) is 0 Å². The number of aliphatic hydroxyl groups is 6. The summed E-state index contributed by atoms with van der Waals surface area (Å²) in [5.74, 6) is 0. The van der Waals surface area contributed by atoms with Gasteiger partial charge in [-0.2, -0.15) is 0 Å². The lowest BCUT2D eigenvalue weighted by atomic mass is 9.41. The van der Waals surface area contributed by atoms with Crippen LogP contribution < -0.4 is 5.32 Å². The second-order valence-electron chi connectivity index (χ2n) is 20.0. The molecule has 0 aromatic heterocycles. The molecule has 3 aliphatic carbocycles. The number of ether oxygens (including phenoxy) is 2. The number of alkyl halides is 1. The van der Waals surface area contributed by atoms with Gasteiger partial charge in [0.15, 0.2) is 6.29 Å². The van der Waals surface area contributed by atoms with Crippen LogP contribution >= 0.6 is 0 Å². The van der Waals surface area contributed by atoms with Crippen LogP contribution in [0.2, 0.25) is 0 Å². The monoisotopic (exact) mass is 858 g/mol. The summed E-state index contributed by atoms with van der Waals surface area (Å²) in [4.78, 5) is 0. The van der Waals surface area contributed by atoms with Gasteiger partial charge >= 0.3 is 0 Å². The average Bonchev–Trinajstić information content (AvgIpc) is 3.22. The molecule has 2 bridgehead atoms. The Labute approximate surface area is 366 Å².